The first-order chi connectivity index (χ1) is 6.79. The summed E-state index contributed by atoms with van der Waals surface area (Å²) >= 11 is 5.80. The van der Waals surface area contributed by atoms with E-state index in [1.54, 1.807) is 24.4 Å². The molecule has 0 aliphatic rings. The molecule has 0 N–H and O–H groups in total. The molecule has 0 saturated carbocycles. The number of hydrogen-bond acceptors (Lipinski definition) is 3. The third kappa shape index (κ3) is 1.65. The van der Waals surface area contributed by atoms with Gasteiger partial charge in [0.2, 0.25) is 0 Å². The lowest BCUT2D eigenvalue weighted by Crippen LogP contribution is -1.93. The van der Waals surface area contributed by atoms with Crippen molar-refractivity contribution < 1.29 is 4.79 Å². The average Bonchev–Trinajstić information content (AvgIpc) is 2.66. The van der Waals surface area contributed by atoms with Crippen LogP contribution in [0.5, 0.6) is 0 Å². The van der Waals surface area contributed by atoms with Crippen LogP contribution in [0.4, 0.5) is 0 Å². The van der Waals surface area contributed by atoms with Crippen molar-refractivity contribution in [3.05, 3.63) is 41.2 Å². The predicted octanol–water partition coefficient (Wildman–Crippen LogP) is 1.73. The maximum Gasteiger partial charge on any atom is 0.171 e. The molecule has 1 aromatic carbocycles. The summed E-state index contributed by atoms with van der Waals surface area (Å²) in [6.45, 7) is 0. The number of nitrogens with zero attached hydrogens (tertiary/aromatic N) is 3. The molecular weight excluding hydrogens is 202 g/mol. The molecule has 0 aliphatic heterocycles. The quantitative estimate of drug-likeness (QED) is 0.705. The highest BCUT2D eigenvalue weighted by atomic mass is 35.5. The summed E-state index contributed by atoms with van der Waals surface area (Å²) in [5, 5.41) is 8.03. The van der Waals surface area contributed by atoms with Crippen LogP contribution in [0.2, 0.25) is 5.02 Å². The lowest BCUT2D eigenvalue weighted by molar-refractivity contribution is 0.111. The van der Waals surface area contributed by atoms with E-state index in [1.807, 2.05) is 6.07 Å². The standard InChI is InChI=1S/C9H6ClN3O/c10-7-2-1-3-9(4-7)13-5-8(6-14)11-12-13/h1-6H. The second-order valence-corrected chi connectivity index (χ2v) is 3.12. The number of carbonyl (C=O) groups excluding carboxylic acids is 1. The number of halogens is 1. The summed E-state index contributed by atoms with van der Waals surface area (Å²) in [7, 11) is 0. The van der Waals surface area contributed by atoms with Crippen molar-refractivity contribution in [1.29, 1.82) is 0 Å². The fraction of sp³-hybridized carbons (Fsp3) is 0. The van der Waals surface area contributed by atoms with E-state index in [4.69, 9.17) is 11.6 Å². The minimum Gasteiger partial charge on any atom is -0.296 e. The van der Waals surface area contributed by atoms with Gasteiger partial charge < -0.3 is 0 Å². The van der Waals surface area contributed by atoms with E-state index < -0.39 is 0 Å². The minimum atomic E-state index is 0.296. The molecule has 1 aromatic heterocycles. The fourth-order valence-electron chi connectivity index (χ4n) is 1.08. The average molecular weight is 208 g/mol. The SMILES string of the molecule is O=Cc1cn(-c2cccc(Cl)c2)nn1. The van der Waals surface area contributed by atoms with Crippen molar-refractivity contribution in [1.82, 2.24) is 15.0 Å². The van der Waals surface area contributed by atoms with Gasteiger partial charge in [0.25, 0.3) is 0 Å². The van der Waals surface area contributed by atoms with E-state index in [9.17, 15) is 4.79 Å². The minimum absolute atomic E-state index is 0.296. The van der Waals surface area contributed by atoms with Crippen molar-refractivity contribution in [3.63, 3.8) is 0 Å². The van der Waals surface area contributed by atoms with E-state index in [1.165, 1.54) is 4.68 Å². The van der Waals surface area contributed by atoms with Crippen LogP contribution in [-0.4, -0.2) is 21.3 Å². The third-order valence-corrected chi connectivity index (χ3v) is 1.94. The van der Waals surface area contributed by atoms with Crippen molar-refractivity contribution in [2.75, 3.05) is 0 Å². The Labute approximate surface area is 85.1 Å². The molecule has 2 aromatic rings. The molecule has 5 heteroatoms. The van der Waals surface area contributed by atoms with E-state index in [0.717, 1.165) is 5.69 Å². The maximum atomic E-state index is 10.4. The van der Waals surface area contributed by atoms with Gasteiger partial charge in [-0.2, -0.15) is 0 Å². The molecule has 4 nitrogen and oxygen atoms in total. The molecule has 0 amide bonds. The molecule has 0 atom stereocenters. The molecule has 70 valence electrons. The monoisotopic (exact) mass is 207 g/mol. The smallest absolute Gasteiger partial charge is 0.171 e. The van der Waals surface area contributed by atoms with E-state index >= 15 is 0 Å². The van der Waals surface area contributed by atoms with Gasteiger partial charge in [-0.1, -0.05) is 22.9 Å². The van der Waals surface area contributed by atoms with Gasteiger partial charge >= 0.3 is 0 Å². The molecule has 0 spiro atoms. The Balaban J connectivity index is 2.43. The summed E-state index contributed by atoms with van der Waals surface area (Å²) in [4.78, 5) is 10.4. The molecule has 0 saturated heterocycles. The van der Waals surface area contributed by atoms with Crippen LogP contribution >= 0.6 is 11.6 Å². The Hall–Kier alpha value is -1.68. The maximum absolute atomic E-state index is 10.4. The fourth-order valence-corrected chi connectivity index (χ4v) is 1.26. The van der Waals surface area contributed by atoms with Crippen LogP contribution in [0.3, 0.4) is 0 Å². The summed E-state index contributed by atoms with van der Waals surface area (Å²) in [5.74, 6) is 0. The van der Waals surface area contributed by atoms with Crippen LogP contribution in [0.25, 0.3) is 5.69 Å². The zero-order chi connectivity index (χ0) is 9.97. The molecule has 1 heterocycles. The highest BCUT2D eigenvalue weighted by Gasteiger charge is 2.01. The Morgan fingerprint density at radius 1 is 1.43 bits per heavy atom. The van der Waals surface area contributed by atoms with Gasteiger partial charge in [0, 0.05) is 5.02 Å². The molecule has 2 rings (SSSR count). The third-order valence-electron chi connectivity index (χ3n) is 1.70. The van der Waals surface area contributed by atoms with Gasteiger partial charge in [-0.25, -0.2) is 4.68 Å². The second-order valence-electron chi connectivity index (χ2n) is 2.69. The number of benzene rings is 1. The first kappa shape index (κ1) is 8.90. The van der Waals surface area contributed by atoms with Gasteiger partial charge in [0.05, 0.1) is 11.9 Å². The first-order valence-corrected chi connectivity index (χ1v) is 4.31. The number of aldehydes is 1. The largest absolute Gasteiger partial charge is 0.296 e. The summed E-state index contributed by atoms with van der Waals surface area (Å²) in [6, 6.07) is 7.14. The Kier molecular flexibility index (Phi) is 2.28. The Bertz CT molecular complexity index is 467. The first-order valence-electron chi connectivity index (χ1n) is 3.93. The highest BCUT2D eigenvalue weighted by Crippen LogP contribution is 2.13. The van der Waals surface area contributed by atoms with Crippen molar-refractivity contribution in [2.45, 2.75) is 0 Å². The topological polar surface area (TPSA) is 47.8 Å². The molecule has 0 aliphatic carbocycles. The van der Waals surface area contributed by atoms with Gasteiger partial charge in [-0.3, -0.25) is 4.79 Å². The molecule has 0 bridgehead atoms. The van der Waals surface area contributed by atoms with Crippen LogP contribution in [0, 0.1) is 0 Å². The number of hydrogen-bond donors (Lipinski definition) is 0. The number of rotatable bonds is 2. The van der Waals surface area contributed by atoms with E-state index in [2.05, 4.69) is 10.3 Å². The van der Waals surface area contributed by atoms with Crippen LogP contribution in [0.1, 0.15) is 10.5 Å². The molecule has 0 unspecified atom stereocenters. The molecule has 14 heavy (non-hydrogen) atoms. The normalized spacial score (nSPS) is 10.1. The molecular formula is C9H6ClN3O. The highest BCUT2D eigenvalue weighted by molar-refractivity contribution is 6.30. The van der Waals surface area contributed by atoms with Gasteiger partial charge in [0.1, 0.15) is 5.69 Å². The van der Waals surface area contributed by atoms with Gasteiger partial charge in [-0.05, 0) is 18.2 Å². The van der Waals surface area contributed by atoms with E-state index in [0.29, 0.717) is 17.0 Å². The zero-order valence-electron chi connectivity index (χ0n) is 7.09. The lowest BCUT2D eigenvalue weighted by Gasteiger charge is -1.98. The summed E-state index contributed by atoms with van der Waals surface area (Å²) < 4.78 is 1.50. The Morgan fingerprint density at radius 2 is 2.29 bits per heavy atom. The van der Waals surface area contributed by atoms with Crippen LogP contribution in [-0.2, 0) is 0 Å². The lowest BCUT2D eigenvalue weighted by atomic mass is 10.3. The second kappa shape index (κ2) is 3.59. The van der Waals surface area contributed by atoms with Gasteiger partial charge in [0.15, 0.2) is 6.29 Å². The molecule has 0 fully saturated rings. The number of aromatic nitrogens is 3. The number of carbonyl (C=O) groups is 1. The Morgan fingerprint density at radius 3 is 2.93 bits per heavy atom. The molecule has 0 radical (unpaired) electrons. The van der Waals surface area contributed by atoms with Crippen molar-refractivity contribution in [2.24, 2.45) is 0 Å². The predicted molar refractivity (Wildman–Crippen MR) is 51.8 cm³/mol. The van der Waals surface area contributed by atoms with Crippen molar-refractivity contribution >= 4 is 17.9 Å². The van der Waals surface area contributed by atoms with E-state index in [-0.39, 0.29) is 0 Å². The van der Waals surface area contributed by atoms with Crippen LogP contribution < -0.4 is 0 Å². The zero-order valence-corrected chi connectivity index (χ0v) is 7.85. The summed E-state index contributed by atoms with van der Waals surface area (Å²) in [6.07, 6.45) is 2.19. The van der Waals surface area contributed by atoms with Crippen LogP contribution in [0.15, 0.2) is 30.5 Å². The summed E-state index contributed by atoms with van der Waals surface area (Å²) in [5.41, 5.74) is 1.07. The van der Waals surface area contributed by atoms with Gasteiger partial charge in [-0.15, -0.1) is 5.10 Å². The van der Waals surface area contributed by atoms with Crippen molar-refractivity contribution in [3.8, 4) is 5.69 Å².